The summed E-state index contributed by atoms with van der Waals surface area (Å²) in [6.45, 7) is 8.63. The SMILES string of the molecule is CCCNC(CCOCC)c1c(Br)cnn1CCN(C)C. The molecule has 0 aliphatic heterocycles. The molecule has 0 amide bonds. The van der Waals surface area contributed by atoms with Crippen molar-refractivity contribution in [2.45, 2.75) is 39.3 Å². The van der Waals surface area contributed by atoms with Crippen LogP contribution in [-0.2, 0) is 11.3 Å². The van der Waals surface area contributed by atoms with Crippen LogP contribution in [0.2, 0.25) is 0 Å². The van der Waals surface area contributed by atoms with Gasteiger partial charge in [0.2, 0.25) is 0 Å². The largest absolute Gasteiger partial charge is 0.382 e. The van der Waals surface area contributed by atoms with Crippen molar-refractivity contribution in [1.82, 2.24) is 20.0 Å². The highest BCUT2D eigenvalue weighted by atomic mass is 79.9. The smallest absolute Gasteiger partial charge is 0.0697 e. The highest BCUT2D eigenvalue weighted by Gasteiger charge is 2.19. The third-order valence-electron chi connectivity index (χ3n) is 3.32. The highest BCUT2D eigenvalue weighted by molar-refractivity contribution is 9.10. The van der Waals surface area contributed by atoms with Gasteiger partial charge in [-0.05, 0) is 56.3 Å². The van der Waals surface area contributed by atoms with Crippen molar-refractivity contribution in [2.24, 2.45) is 0 Å². The van der Waals surface area contributed by atoms with Gasteiger partial charge in [-0.25, -0.2) is 0 Å². The lowest BCUT2D eigenvalue weighted by Crippen LogP contribution is -2.28. The molecule has 0 spiro atoms. The first-order valence-corrected chi connectivity index (χ1v) is 8.56. The zero-order chi connectivity index (χ0) is 15.7. The third-order valence-corrected chi connectivity index (χ3v) is 3.93. The summed E-state index contributed by atoms with van der Waals surface area (Å²) in [7, 11) is 4.17. The van der Waals surface area contributed by atoms with Crippen LogP contribution < -0.4 is 5.32 Å². The van der Waals surface area contributed by atoms with Crippen molar-refractivity contribution >= 4 is 15.9 Å². The second-order valence-electron chi connectivity index (χ2n) is 5.40. The quantitative estimate of drug-likeness (QED) is 0.616. The van der Waals surface area contributed by atoms with Crippen LogP contribution in [-0.4, -0.2) is 55.1 Å². The Morgan fingerprint density at radius 2 is 2.19 bits per heavy atom. The molecule has 0 saturated carbocycles. The van der Waals surface area contributed by atoms with Gasteiger partial charge in [-0.3, -0.25) is 4.68 Å². The van der Waals surface area contributed by atoms with Crippen LogP contribution in [0.25, 0.3) is 0 Å². The average Bonchev–Trinajstić information content (AvgIpc) is 2.81. The van der Waals surface area contributed by atoms with E-state index < -0.39 is 0 Å². The summed E-state index contributed by atoms with van der Waals surface area (Å²) < 4.78 is 8.70. The Labute approximate surface area is 137 Å². The van der Waals surface area contributed by atoms with Crippen LogP contribution in [0, 0.1) is 0 Å². The molecule has 1 N–H and O–H groups in total. The molecule has 0 aromatic carbocycles. The minimum absolute atomic E-state index is 0.274. The van der Waals surface area contributed by atoms with Crippen molar-refractivity contribution < 1.29 is 4.74 Å². The number of nitrogens with zero attached hydrogens (tertiary/aromatic N) is 3. The van der Waals surface area contributed by atoms with Crippen molar-refractivity contribution in [1.29, 1.82) is 0 Å². The molecule has 1 rings (SSSR count). The maximum Gasteiger partial charge on any atom is 0.0697 e. The molecule has 1 aromatic heterocycles. The van der Waals surface area contributed by atoms with Crippen molar-refractivity contribution in [3.63, 3.8) is 0 Å². The number of halogens is 1. The summed E-state index contributed by atoms with van der Waals surface area (Å²) in [5.41, 5.74) is 1.23. The molecule has 0 bridgehead atoms. The molecule has 0 aliphatic rings. The summed E-state index contributed by atoms with van der Waals surface area (Å²) in [5, 5.41) is 8.12. The Hall–Kier alpha value is -0.430. The van der Waals surface area contributed by atoms with E-state index in [1.165, 1.54) is 5.69 Å². The van der Waals surface area contributed by atoms with E-state index in [0.717, 1.165) is 50.2 Å². The normalized spacial score (nSPS) is 13.0. The molecule has 0 fully saturated rings. The van der Waals surface area contributed by atoms with E-state index in [4.69, 9.17) is 4.74 Å². The number of hydrogen-bond acceptors (Lipinski definition) is 4. The Bertz CT molecular complexity index is 395. The number of ether oxygens (including phenoxy) is 1. The number of likely N-dealkylation sites (N-methyl/N-ethyl adjacent to an activating group) is 1. The molecule has 0 radical (unpaired) electrons. The van der Waals surface area contributed by atoms with Gasteiger partial charge in [-0.2, -0.15) is 5.10 Å². The second kappa shape index (κ2) is 10.3. The molecule has 1 aromatic rings. The first-order chi connectivity index (χ1) is 10.1. The van der Waals surface area contributed by atoms with E-state index in [-0.39, 0.29) is 6.04 Å². The third kappa shape index (κ3) is 6.46. The van der Waals surface area contributed by atoms with E-state index in [2.05, 4.69) is 56.9 Å². The second-order valence-corrected chi connectivity index (χ2v) is 6.25. The Balaban J connectivity index is 2.80. The van der Waals surface area contributed by atoms with Gasteiger partial charge in [-0.1, -0.05) is 6.92 Å². The van der Waals surface area contributed by atoms with Crippen molar-refractivity contribution in [2.75, 3.05) is 40.4 Å². The topological polar surface area (TPSA) is 42.3 Å². The minimum atomic E-state index is 0.274. The molecule has 1 heterocycles. The summed E-state index contributed by atoms with van der Waals surface area (Å²) in [4.78, 5) is 2.17. The van der Waals surface area contributed by atoms with Crippen LogP contribution in [0.3, 0.4) is 0 Å². The predicted octanol–water partition coefficient (Wildman–Crippen LogP) is 2.67. The van der Waals surface area contributed by atoms with Crippen molar-refractivity contribution in [3.8, 4) is 0 Å². The Morgan fingerprint density at radius 1 is 1.43 bits per heavy atom. The monoisotopic (exact) mass is 360 g/mol. The van der Waals surface area contributed by atoms with E-state index in [9.17, 15) is 0 Å². The fraction of sp³-hybridized carbons (Fsp3) is 0.800. The fourth-order valence-corrected chi connectivity index (χ4v) is 2.76. The number of hydrogen-bond donors (Lipinski definition) is 1. The number of aromatic nitrogens is 2. The zero-order valence-corrected chi connectivity index (χ0v) is 15.3. The number of nitrogens with one attached hydrogen (secondary N) is 1. The maximum atomic E-state index is 5.53. The van der Waals surface area contributed by atoms with E-state index in [1.807, 2.05) is 13.1 Å². The van der Waals surface area contributed by atoms with Crippen LogP contribution >= 0.6 is 15.9 Å². The summed E-state index contributed by atoms with van der Waals surface area (Å²) >= 11 is 3.65. The van der Waals surface area contributed by atoms with Crippen LogP contribution in [0.4, 0.5) is 0 Å². The first-order valence-electron chi connectivity index (χ1n) is 7.77. The van der Waals surface area contributed by atoms with Gasteiger partial charge in [0, 0.05) is 19.8 Å². The molecule has 21 heavy (non-hydrogen) atoms. The minimum Gasteiger partial charge on any atom is -0.382 e. The van der Waals surface area contributed by atoms with Crippen LogP contribution in [0.5, 0.6) is 0 Å². The lowest BCUT2D eigenvalue weighted by molar-refractivity contribution is 0.135. The zero-order valence-electron chi connectivity index (χ0n) is 13.7. The molecular weight excluding hydrogens is 332 g/mol. The summed E-state index contributed by atoms with van der Waals surface area (Å²) in [6.07, 6.45) is 3.97. The maximum absolute atomic E-state index is 5.53. The first kappa shape index (κ1) is 18.6. The van der Waals surface area contributed by atoms with E-state index in [1.54, 1.807) is 0 Å². The van der Waals surface area contributed by atoms with E-state index >= 15 is 0 Å². The summed E-state index contributed by atoms with van der Waals surface area (Å²) in [5.74, 6) is 0. The lowest BCUT2D eigenvalue weighted by Gasteiger charge is -2.21. The highest BCUT2D eigenvalue weighted by Crippen LogP contribution is 2.26. The molecule has 0 saturated heterocycles. The van der Waals surface area contributed by atoms with Gasteiger partial charge in [0.15, 0.2) is 0 Å². The molecular formula is C15H29BrN4O. The molecule has 6 heteroatoms. The van der Waals surface area contributed by atoms with E-state index in [0.29, 0.717) is 0 Å². The molecule has 5 nitrogen and oxygen atoms in total. The summed E-state index contributed by atoms with van der Waals surface area (Å²) in [6, 6.07) is 0.274. The Kier molecular flexibility index (Phi) is 9.15. The van der Waals surface area contributed by atoms with Crippen LogP contribution in [0.15, 0.2) is 10.7 Å². The standard InChI is InChI=1S/C15H29BrN4O/c1-5-8-17-14(7-11-21-6-2)15-13(16)12-18-20(15)10-9-19(3)4/h12,14,17H,5-11H2,1-4H3. The molecule has 122 valence electrons. The van der Waals surface area contributed by atoms with Gasteiger partial charge in [0.25, 0.3) is 0 Å². The lowest BCUT2D eigenvalue weighted by atomic mass is 10.1. The van der Waals surface area contributed by atoms with Gasteiger partial charge in [0.1, 0.15) is 0 Å². The van der Waals surface area contributed by atoms with Crippen molar-refractivity contribution in [3.05, 3.63) is 16.4 Å². The Morgan fingerprint density at radius 3 is 2.81 bits per heavy atom. The molecule has 1 atom stereocenters. The van der Waals surface area contributed by atoms with Gasteiger partial charge in [-0.15, -0.1) is 0 Å². The number of rotatable bonds is 11. The van der Waals surface area contributed by atoms with Crippen LogP contribution in [0.1, 0.15) is 38.4 Å². The molecule has 1 unspecified atom stereocenters. The van der Waals surface area contributed by atoms with Gasteiger partial charge >= 0.3 is 0 Å². The predicted molar refractivity (Wildman–Crippen MR) is 90.6 cm³/mol. The van der Waals surface area contributed by atoms with Gasteiger partial charge < -0.3 is 15.0 Å². The van der Waals surface area contributed by atoms with Gasteiger partial charge in [0.05, 0.1) is 29.0 Å². The average molecular weight is 361 g/mol. The molecule has 0 aliphatic carbocycles. The fourth-order valence-electron chi connectivity index (χ4n) is 2.19.